The summed E-state index contributed by atoms with van der Waals surface area (Å²) >= 11 is 5.99. The molecule has 0 saturated carbocycles. The minimum absolute atomic E-state index is 0.0155. The van der Waals surface area contributed by atoms with Gasteiger partial charge in [0.2, 0.25) is 5.95 Å². The van der Waals surface area contributed by atoms with Gasteiger partial charge in [-0.25, -0.2) is 9.48 Å². The van der Waals surface area contributed by atoms with Gasteiger partial charge < -0.3 is 10.1 Å². The fourth-order valence-electron chi connectivity index (χ4n) is 2.86. The van der Waals surface area contributed by atoms with Crippen LogP contribution in [0.25, 0.3) is 5.70 Å². The van der Waals surface area contributed by atoms with Crippen LogP contribution in [0, 0.1) is 0 Å². The number of hydrogen-bond acceptors (Lipinski definition) is 5. The zero-order chi connectivity index (χ0) is 18.1. The van der Waals surface area contributed by atoms with E-state index in [1.165, 1.54) is 7.11 Å². The molecule has 130 valence electrons. The lowest BCUT2D eigenvalue weighted by Gasteiger charge is -2.24. The number of hydrogen-bond donors (Lipinski definition) is 1. The van der Waals surface area contributed by atoms with Crippen LogP contribution in [0.4, 0.5) is 5.95 Å². The van der Waals surface area contributed by atoms with E-state index in [0.717, 1.165) is 16.8 Å². The van der Waals surface area contributed by atoms with Gasteiger partial charge in [-0.2, -0.15) is 4.98 Å². The highest BCUT2D eigenvalue weighted by Gasteiger charge is 2.27. The first-order chi connectivity index (χ1) is 12.7. The number of benzene rings is 2. The summed E-state index contributed by atoms with van der Waals surface area (Å²) in [4.78, 5) is 16.1. The van der Waals surface area contributed by atoms with Crippen molar-refractivity contribution in [2.75, 3.05) is 12.4 Å². The average molecular weight is 367 g/mol. The Labute approximate surface area is 155 Å². The quantitative estimate of drug-likeness (QED) is 0.714. The van der Waals surface area contributed by atoms with E-state index in [4.69, 9.17) is 16.3 Å². The summed E-state index contributed by atoms with van der Waals surface area (Å²) in [7, 11) is 1.31. The zero-order valence-corrected chi connectivity index (χ0v) is 14.6. The first-order valence-corrected chi connectivity index (χ1v) is 8.38. The van der Waals surface area contributed by atoms with Crippen LogP contribution >= 0.6 is 11.6 Å². The molecule has 0 unspecified atom stereocenters. The second-order valence-electron chi connectivity index (χ2n) is 5.76. The molecule has 0 amide bonds. The minimum Gasteiger partial charge on any atom is -0.463 e. The molecule has 2 aromatic carbocycles. The van der Waals surface area contributed by atoms with E-state index in [0.29, 0.717) is 11.0 Å². The predicted molar refractivity (Wildman–Crippen MR) is 99.0 cm³/mol. The molecule has 7 heteroatoms. The highest BCUT2D eigenvalue weighted by Crippen LogP contribution is 2.32. The highest BCUT2D eigenvalue weighted by molar-refractivity contribution is 6.30. The van der Waals surface area contributed by atoms with Crippen molar-refractivity contribution in [3.8, 4) is 0 Å². The van der Waals surface area contributed by atoms with Gasteiger partial charge in [-0.05, 0) is 29.3 Å². The van der Waals surface area contributed by atoms with Crippen molar-refractivity contribution < 1.29 is 9.53 Å². The van der Waals surface area contributed by atoms with Gasteiger partial charge in [0.25, 0.3) is 5.82 Å². The van der Waals surface area contributed by atoms with E-state index in [1.54, 1.807) is 4.68 Å². The Balaban J connectivity index is 1.82. The third kappa shape index (κ3) is 2.95. The molecule has 1 atom stereocenters. The molecule has 2 heterocycles. The molecule has 0 spiro atoms. The summed E-state index contributed by atoms with van der Waals surface area (Å²) in [5, 5.41) is 8.22. The van der Waals surface area contributed by atoms with Crippen molar-refractivity contribution in [3.05, 3.63) is 82.6 Å². The molecule has 1 aliphatic rings. The van der Waals surface area contributed by atoms with Gasteiger partial charge in [-0.15, -0.1) is 5.10 Å². The Morgan fingerprint density at radius 1 is 1.15 bits per heavy atom. The Hall–Kier alpha value is -3.12. The molecule has 6 nitrogen and oxygen atoms in total. The maximum atomic E-state index is 11.8. The van der Waals surface area contributed by atoms with Crippen LogP contribution < -0.4 is 5.32 Å². The van der Waals surface area contributed by atoms with Crippen molar-refractivity contribution in [1.82, 2.24) is 14.8 Å². The molecule has 0 saturated heterocycles. The fraction of sp³-hybridized carbons (Fsp3) is 0.105. The van der Waals surface area contributed by atoms with Crippen molar-refractivity contribution in [3.63, 3.8) is 0 Å². The maximum absolute atomic E-state index is 11.8. The number of rotatable bonds is 3. The monoisotopic (exact) mass is 366 g/mol. The van der Waals surface area contributed by atoms with Crippen molar-refractivity contribution in [1.29, 1.82) is 0 Å². The van der Waals surface area contributed by atoms with Gasteiger partial charge in [0.15, 0.2) is 0 Å². The predicted octanol–water partition coefficient (Wildman–Crippen LogP) is 3.77. The summed E-state index contributed by atoms with van der Waals surface area (Å²) in [6, 6.07) is 17.2. The Morgan fingerprint density at radius 3 is 2.58 bits per heavy atom. The van der Waals surface area contributed by atoms with Crippen LogP contribution in [-0.2, 0) is 4.74 Å². The largest absolute Gasteiger partial charge is 0.463 e. The lowest BCUT2D eigenvalue weighted by atomic mass is 10.0. The molecule has 1 N–H and O–H groups in total. The summed E-state index contributed by atoms with van der Waals surface area (Å²) in [5.41, 5.74) is 2.86. The second-order valence-corrected chi connectivity index (χ2v) is 6.20. The number of carbonyl (C=O) groups excluding carboxylic acids is 1. The normalized spacial score (nSPS) is 15.6. The smallest absolute Gasteiger partial charge is 0.378 e. The minimum atomic E-state index is -0.575. The van der Waals surface area contributed by atoms with E-state index in [9.17, 15) is 4.79 Å². The van der Waals surface area contributed by atoms with E-state index in [1.807, 2.05) is 60.7 Å². The third-order valence-corrected chi connectivity index (χ3v) is 4.38. The van der Waals surface area contributed by atoms with Gasteiger partial charge in [-0.3, -0.25) is 0 Å². The van der Waals surface area contributed by atoms with Gasteiger partial charge >= 0.3 is 5.97 Å². The Morgan fingerprint density at radius 2 is 1.88 bits per heavy atom. The van der Waals surface area contributed by atoms with Crippen LogP contribution in [0.15, 0.2) is 60.7 Å². The molecular formula is C19H15ClN4O2. The number of esters is 1. The van der Waals surface area contributed by atoms with Gasteiger partial charge in [-0.1, -0.05) is 54.1 Å². The number of carbonyl (C=O) groups is 1. The third-order valence-electron chi connectivity index (χ3n) is 4.13. The van der Waals surface area contributed by atoms with E-state index in [2.05, 4.69) is 15.4 Å². The van der Waals surface area contributed by atoms with E-state index in [-0.39, 0.29) is 11.9 Å². The number of fused-ring (bicyclic) bond motifs is 1. The van der Waals surface area contributed by atoms with Crippen LogP contribution in [0.1, 0.15) is 27.8 Å². The number of halogens is 1. The molecule has 0 radical (unpaired) electrons. The summed E-state index contributed by atoms with van der Waals surface area (Å²) in [6.45, 7) is 0. The molecule has 1 aromatic heterocycles. The number of ether oxygens (including phenoxy) is 1. The second kappa shape index (κ2) is 6.65. The maximum Gasteiger partial charge on any atom is 0.378 e. The lowest BCUT2D eigenvalue weighted by molar-refractivity contribution is 0.0586. The Bertz CT molecular complexity index is 981. The number of aromatic nitrogens is 3. The number of allylic oxidation sites excluding steroid dienone is 1. The lowest BCUT2D eigenvalue weighted by Crippen LogP contribution is -2.20. The highest BCUT2D eigenvalue weighted by atomic mass is 35.5. The molecular weight excluding hydrogens is 352 g/mol. The van der Waals surface area contributed by atoms with Crippen LogP contribution in [0.2, 0.25) is 5.02 Å². The first kappa shape index (κ1) is 16.4. The summed E-state index contributed by atoms with van der Waals surface area (Å²) < 4.78 is 6.42. The van der Waals surface area contributed by atoms with Crippen LogP contribution in [0.5, 0.6) is 0 Å². The summed E-state index contributed by atoms with van der Waals surface area (Å²) in [5.74, 6) is -0.0815. The van der Waals surface area contributed by atoms with Crippen molar-refractivity contribution >= 4 is 29.2 Å². The van der Waals surface area contributed by atoms with Gasteiger partial charge in [0.1, 0.15) is 6.04 Å². The molecule has 4 rings (SSSR count). The van der Waals surface area contributed by atoms with E-state index < -0.39 is 5.97 Å². The number of methoxy groups -OCH3 is 1. The molecule has 0 fully saturated rings. The fourth-order valence-corrected chi connectivity index (χ4v) is 2.98. The number of nitrogens with zero attached hydrogens (tertiary/aromatic N) is 3. The topological polar surface area (TPSA) is 69.0 Å². The van der Waals surface area contributed by atoms with Crippen LogP contribution in [-0.4, -0.2) is 27.8 Å². The van der Waals surface area contributed by atoms with Crippen molar-refractivity contribution in [2.45, 2.75) is 6.04 Å². The van der Waals surface area contributed by atoms with Gasteiger partial charge in [0.05, 0.1) is 7.11 Å². The number of anilines is 1. The van der Waals surface area contributed by atoms with E-state index >= 15 is 0 Å². The van der Waals surface area contributed by atoms with Crippen molar-refractivity contribution in [2.24, 2.45) is 0 Å². The average Bonchev–Trinajstić information content (AvgIpc) is 3.12. The molecule has 1 aliphatic heterocycles. The Kier molecular flexibility index (Phi) is 4.18. The van der Waals surface area contributed by atoms with Gasteiger partial charge in [0, 0.05) is 10.7 Å². The SMILES string of the molecule is COC(=O)c1nc2n(n1)[C@H](c1ccccc1)C=C(c1ccc(Cl)cc1)N2. The summed E-state index contributed by atoms with van der Waals surface area (Å²) in [6.07, 6.45) is 2.04. The van der Waals surface area contributed by atoms with Crippen LogP contribution in [0.3, 0.4) is 0 Å². The zero-order valence-electron chi connectivity index (χ0n) is 13.9. The standard InChI is InChI=1S/C19H15ClN4O2/c1-26-18(25)17-22-19-21-15(12-7-9-14(20)10-8-12)11-16(24(19)23-17)13-5-3-2-4-6-13/h2-11,16H,1H3,(H,21,22,23)/t16-/m0/s1. The number of nitrogens with one attached hydrogen (secondary N) is 1. The molecule has 0 aliphatic carbocycles. The molecule has 0 bridgehead atoms. The molecule has 3 aromatic rings. The molecule has 26 heavy (non-hydrogen) atoms. The first-order valence-electron chi connectivity index (χ1n) is 8.00.